The molecular formula is C2H5Cl3O6S. The van der Waals surface area contributed by atoms with Gasteiger partial charge in [0.1, 0.15) is 0 Å². The Morgan fingerprint density at radius 3 is 1.17 bits per heavy atom. The number of aliphatic hydroxyl groups excluding tert-OH is 1. The Morgan fingerprint density at radius 1 is 1.08 bits per heavy atom. The van der Waals surface area contributed by atoms with Crippen molar-refractivity contribution in [2.75, 3.05) is 0 Å². The minimum atomic E-state index is -4.67. The van der Waals surface area contributed by atoms with Crippen LogP contribution in [0.4, 0.5) is 0 Å². The van der Waals surface area contributed by atoms with Crippen molar-refractivity contribution < 1.29 is 27.7 Å². The molecule has 0 bridgehead atoms. The number of rotatable bonds is 0. The zero-order valence-corrected chi connectivity index (χ0v) is 8.31. The molecule has 0 unspecified atom stereocenters. The van der Waals surface area contributed by atoms with Gasteiger partial charge in [0.05, 0.1) is 0 Å². The van der Waals surface area contributed by atoms with E-state index in [1.807, 2.05) is 0 Å². The summed E-state index contributed by atoms with van der Waals surface area (Å²) in [7, 11) is -4.67. The van der Waals surface area contributed by atoms with E-state index in [4.69, 9.17) is 62.5 Å². The topological polar surface area (TPSA) is 115 Å². The van der Waals surface area contributed by atoms with Gasteiger partial charge in [-0.3, -0.25) is 9.11 Å². The minimum Gasteiger partial charge on any atom is -0.365 e. The maximum atomic E-state index is 8.74. The van der Waals surface area contributed by atoms with E-state index in [2.05, 4.69) is 0 Å². The van der Waals surface area contributed by atoms with Crippen LogP contribution in [0.5, 0.6) is 0 Å². The molecule has 0 aliphatic heterocycles. The van der Waals surface area contributed by atoms with Gasteiger partial charge in [0.15, 0.2) is 6.29 Å². The summed E-state index contributed by atoms with van der Waals surface area (Å²) in [6, 6.07) is 0. The summed E-state index contributed by atoms with van der Waals surface area (Å²) in [6.45, 7) is 0. The van der Waals surface area contributed by atoms with Crippen LogP contribution in [0.2, 0.25) is 0 Å². The van der Waals surface area contributed by atoms with E-state index < -0.39 is 20.5 Å². The molecule has 0 amide bonds. The molecule has 76 valence electrons. The molecule has 0 aromatic rings. The van der Waals surface area contributed by atoms with Crippen LogP contribution >= 0.6 is 34.8 Å². The lowest BCUT2D eigenvalue weighted by Gasteiger charge is -2.10. The van der Waals surface area contributed by atoms with Crippen molar-refractivity contribution in [3.8, 4) is 0 Å². The standard InChI is InChI=1S/C2H3Cl3O2.H2O4S/c3-2(4,5)1(6)7;1-5(2,3)4/h1,6-7H;(H2,1,2,3,4). The van der Waals surface area contributed by atoms with Crippen molar-refractivity contribution in [1.29, 1.82) is 0 Å². The fraction of sp³-hybridized carbons (Fsp3) is 1.00. The average molecular weight is 263 g/mol. The molecule has 0 aliphatic carbocycles. The SMILES string of the molecule is O=S(=O)(O)O.OC(O)C(Cl)(Cl)Cl. The Hall–Kier alpha value is 0.660. The predicted octanol–water partition coefficient (Wildman–Crippen LogP) is 0.0145. The van der Waals surface area contributed by atoms with Crippen LogP contribution in [0, 0.1) is 0 Å². The fourth-order valence-electron chi connectivity index (χ4n) is 0. The lowest BCUT2D eigenvalue weighted by Crippen LogP contribution is -2.23. The molecule has 0 aromatic carbocycles. The van der Waals surface area contributed by atoms with Crippen LogP contribution in [0.15, 0.2) is 0 Å². The maximum Gasteiger partial charge on any atom is 0.394 e. The summed E-state index contributed by atoms with van der Waals surface area (Å²) >= 11 is 14.7. The number of hydrogen-bond acceptors (Lipinski definition) is 4. The van der Waals surface area contributed by atoms with Crippen LogP contribution in [-0.2, 0) is 10.4 Å². The maximum absolute atomic E-state index is 8.74. The van der Waals surface area contributed by atoms with Gasteiger partial charge < -0.3 is 10.2 Å². The first-order chi connectivity index (χ1) is 4.94. The van der Waals surface area contributed by atoms with E-state index in [0.717, 1.165) is 0 Å². The van der Waals surface area contributed by atoms with Crippen molar-refractivity contribution in [3.63, 3.8) is 0 Å². The van der Waals surface area contributed by atoms with E-state index in [9.17, 15) is 0 Å². The van der Waals surface area contributed by atoms with Gasteiger partial charge in [0, 0.05) is 0 Å². The van der Waals surface area contributed by atoms with Gasteiger partial charge in [0.25, 0.3) is 0 Å². The van der Waals surface area contributed by atoms with Gasteiger partial charge >= 0.3 is 10.4 Å². The molecule has 4 N–H and O–H groups in total. The van der Waals surface area contributed by atoms with Crippen LogP contribution in [0.3, 0.4) is 0 Å². The third kappa shape index (κ3) is 22.4. The smallest absolute Gasteiger partial charge is 0.365 e. The second kappa shape index (κ2) is 5.40. The predicted molar refractivity (Wildman–Crippen MR) is 42.7 cm³/mol. The van der Waals surface area contributed by atoms with Gasteiger partial charge in [-0.25, -0.2) is 0 Å². The first-order valence-electron chi connectivity index (χ1n) is 2.07. The zero-order chi connectivity index (χ0) is 10.6. The molecule has 0 spiro atoms. The summed E-state index contributed by atoms with van der Waals surface area (Å²) in [5.74, 6) is 0. The first-order valence-corrected chi connectivity index (χ1v) is 4.60. The van der Waals surface area contributed by atoms with Gasteiger partial charge in [-0.1, -0.05) is 34.8 Å². The minimum absolute atomic E-state index is 1.91. The van der Waals surface area contributed by atoms with Gasteiger partial charge in [-0.05, 0) is 0 Å². The number of halogens is 3. The van der Waals surface area contributed by atoms with Crippen molar-refractivity contribution in [2.24, 2.45) is 0 Å². The normalized spacial score (nSPS) is 12.3. The molecule has 0 heterocycles. The Morgan fingerprint density at radius 2 is 1.17 bits per heavy atom. The second-order valence-electron chi connectivity index (χ2n) is 1.36. The average Bonchev–Trinajstić information content (AvgIpc) is 1.55. The number of alkyl halides is 3. The van der Waals surface area contributed by atoms with E-state index in [1.165, 1.54) is 0 Å². The Kier molecular flexibility index (Phi) is 6.82. The number of hydrogen-bond donors (Lipinski definition) is 4. The Labute approximate surface area is 83.2 Å². The molecule has 0 saturated heterocycles. The van der Waals surface area contributed by atoms with Crippen LogP contribution < -0.4 is 0 Å². The van der Waals surface area contributed by atoms with Crippen molar-refractivity contribution in [1.82, 2.24) is 0 Å². The summed E-state index contributed by atoms with van der Waals surface area (Å²) in [6.07, 6.45) is -1.91. The molecule has 0 aromatic heterocycles. The second-order valence-corrected chi connectivity index (χ2v) is 4.63. The van der Waals surface area contributed by atoms with Crippen molar-refractivity contribution in [2.45, 2.75) is 10.1 Å². The third-order valence-corrected chi connectivity index (χ3v) is 0.878. The highest BCUT2D eigenvalue weighted by atomic mass is 35.6. The summed E-state index contributed by atoms with van der Waals surface area (Å²) in [5, 5.41) is 16.1. The van der Waals surface area contributed by atoms with Gasteiger partial charge in [-0.2, -0.15) is 8.42 Å². The van der Waals surface area contributed by atoms with Crippen LogP contribution in [0.25, 0.3) is 0 Å². The molecule has 12 heavy (non-hydrogen) atoms. The molecule has 0 fully saturated rings. The van der Waals surface area contributed by atoms with Crippen molar-refractivity contribution in [3.05, 3.63) is 0 Å². The van der Waals surface area contributed by atoms with E-state index in [-0.39, 0.29) is 0 Å². The third-order valence-electron chi connectivity index (χ3n) is 0.293. The number of aliphatic hydroxyl groups is 2. The first kappa shape index (κ1) is 15.1. The molecule has 10 heteroatoms. The summed E-state index contributed by atoms with van der Waals surface area (Å²) in [4.78, 5) is 0. The summed E-state index contributed by atoms with van der Waals surface area (Å²) < 4.78 is 29.6. The molecule has 0 radical (unpaired) electrons. The highest BCUT2D eigenvalue weighted by Gasteiger charge is 2.28. The van der Waals surface area contributed by atoms with E-state index in [1.54, 1.807) is 0 Å². The molecule has 0 rings (SSSR count). The highest BCUT2D eigenvalue weighted by Crippen LogP contribution is 2.28. The van der Waals surface area contributed by atoms with E-state index >= 15 is 0 Å². The quantitative estimate of drug-likeness (QED) is 0.278. The van der Waals surface area contributed by atoms with E-state index in [0.29, 0.717) is 0 Å². The Bertz CT molecular complexity index is 195. The Balaban J connectivity index is 0. The highest BCUT2D eigenvalue weighted by molar-refractivity contribution is 7.79. The molecular weight excluding hydrogens is 258 g/mol. The van der Waals surface area contributed by atoms with Gasteiger partial charge in [0.2, 0.25) is 3.79 Å². The van der Waals surface area contributed by atoms with Crippen LogP contribution in [0.1, 0.15) is 0 Å². The van der Waals surface area contributed by atoms with Crippen LogP contribution in [-0.4, -0.2) is 37.8 Å². The van der Waals surface area contributed by atoms with Gasteiger partial charge in [-0.15, -0.1) is 0 Å². The molecule has 0 atom stereocenters. The molecule has 0 saturated carbocycles. The molecule has 0 aliphatic rings. The summed E-state index contributed by atoms with van der Waals surface area (Å²) in [5.41, 5.74) is 0. The lowest BCUT2D eigenvalue weighted by atomic mass is 10.8. The lowest BCUT2D eigenvalue weighted by molar-refractivity contribution is -0.0355. The zero-order valence-electron chi connectivity index (χ0n) is 5.22. The molecule has 6 nitrogen and oxygen atoms in total. The van der Waals surface area contributed by atoms with Crippen molar-refractivity contribution >= 4 is 45.2 Å². The monoisotopic (exact) mass is 262 g/mol. The fourth-order valence-corrected chi connectivity index (χ4v) is 0. The largest absolute Gasteiger partial charge is 0.394 e.